The molecule has 5 aromatic rings. The monoisotopic (exact) mass is 540 g/mol. The lowest BCUT2D eigenvalue weighted by Crippen LogP contribution is -2.54. The summed E-state index contributed by atoms with van der Waals surface area (Å²) in [6, 6.07) is 30.3. The fraction of sp³-hybridized carbons (Fsp3) is 0.114. The van der Waals surface area contributed by atoms with Gasteiger partial charge in [0.2, 0.25) is 0 Å². The molecule has 0 spiro atoms. The van der Waals surface area contributed by atoms with Gasteiger partial charge in [-0.25, -0.2) is 9.69 Å². The van der Waals surface area contributed by atoms with E-state index >= 15 is 0 Å². The Morgan fingerprint density at radius 3 is 2.22 bits per heavy atom. The maximum absolute atomic E-state index is 13.8. The van der Waals surface area contributed by atoms with Crippen LogP contribution < -0.4 is 15.0 Å². The molecule has 1 saturated heterocycles. The molecule has 0 aliphatic carbocycles. The van der Waals surface area contributed by atoms with Crippen LogP contribution in [0.5, 0.6) is 5.75 Å². The topological polar surface area (TPSA) is 75.7 Å². The molecule has 0 radical (unpaired) electrons. The number of amides is 4. The Hall–Kier alpha value is -5.23. The predicted molar refractivity (Wildman–Crippen MR) is 162 cm³/mol. The number of hydrogen-bond donors (Lipinski definition) is 1. The van der Waals surface area contributed by atoms with Crippen LogP contribution in [-0.4, -0.2) is 17.8 Å². The number of carbonyl (C=O) groups is 3. The number of benzene rings is 5. The minimum Gasteiger partial charge on any atom is -0.488 e. The first-order chi connectivity index (χ1) is 20.0. The molecule has 0 aromatic heterocycles. The molecule has 0 unspecified atom stereocenters. The van der Waals surface area contributed by atoms with E-state index in [0.717, 1.165) is 43.1 Å². The van der Waals surface area contributed by atoms with Crippen molar-refractivity contribution in [3.05, 3.63) is 125 Å². The Bertz CT molecular complexity index is 1890. The normalized spacial score (nSPS) is 14.6. The van der Waals surface area contributed by atoms with Crippen molar-refractivity contribution in [1.82, 2.24) is 5.32 Å². The van der Waals surface area contributed by atoms with Crippen molar-refractivity contribution >= 4 is 51.2 Å². The number of anilines is 1. The number of carbonyl (C=O) groups excluding carboxylic acids is 3. The summed E-state index contributed by atoms with van der Waals surface area (Å²) in [5.74, 6) is -0.890. The molecule has 1 N–H and O–H groups in total. The van der Waals surface area contributed by atoms with E-state index in [1.165, 1.54) is 0 Å². The third kappa shape index (κ3) is 4.74. The van der Waals surface area contributed by atoms with Crippen molar-refractivity contribution in [2.24, 2.45) is 0 Å². The largest absolute Gasteiger partial charge is 0.488 e. The number of para-hydroxylation sites is 1. The van der Waals surface area contributed by atoms with E-state index < -0.39 is 17.8 Å². The molecule has 1 fully saturated rings. The number of hydrogen-bond acceptors (Lipinski definition) is 4. The Morgan fingerprint density at radius 2 is 1.44 bits per heavy atom. The van der Waals surface area contributed by atoms with E-state index in [1.807, 2.05) is 67.6 Å². The van der Waals surface area contributed by atoms with Gasteiger partial charge >= 0.3 is 6.03 Å². The molecule has 0 atom stereocenters. The summed E-state index contributed by atoms with van der Waals surface area (Å²) < 4.78 is 6.43. The Balaban J connectivity index is 1.45. The summed E-state index contributed by atoms with van der Waals surface area (Å²) in [6.07, 6.45) is 2.16. The van der Waals surface area contributed by atoms with Crippen LogP contribution in [0.4, 0.5) is 10.5 Å². The van der Waals surface area contributed by atoms with Gasteiger partial charge in [-0.05, 0) is 64.2 Å². The molecule has 1 aliphatic rings. The summed E-state index contributed by atoms with van der Waals surface area (Å²) in [6.45, 7) is 4.31. The maximum Gasteiger partial charge on any atom is 0.335 e. The van der Waals surface area contributed by atoms with Gasteiger partial charge in [-0.3, -0.25) is 14.9 Å². The summed E-state index contributed by atoms with van der Waals surface area (Å²) >= 11 is 0. The maximum atomic E-state index is 13.8. The van der Waals surface area contributed by atoms with Crippen molar-refractivity contribution in [2.45, 2.75) is 26.9 Å². The highest BCUT2D eigenvalue weighted by atomic mass is 16.5. The zero-order chi connectivity index (χ0) is 28.5. The first-order valence-corrected chi connectivity index (χ1v) is 13.6. The van der Waals surface area contributed by atoms with E-state index in [9.17, 15) is 14.4 Å². The molecule has 41 heavy (non-hydrogen) atoms. The standard InChI is InChI=1S/C35H28N2O4/c1-3-23-10-6-9-15-31(23)37-34(39)29(33(38)36-35(37)40)20-28-26-13-7-4-12-25(26)18-19-32(28)41-21-30-22(2)16-17-24-11-5-8-14-27(24)30/h4-20H,3,21H2,1-2H3,(H,36,38,40)/b29-20-. The molecule has 6 heteroatoms. The van der Waals surface area contributed by atoms with Gasteiger partial charge in [0.05, 0.1) is 5.69 Å². The van der Waals surface area contributed by atoms with Gasteiger partial charge < -0.3 is 4.74 Å². The van der Waals surface area contributed by atoms with Gasteiger partial charge in [-0.2, -0.15) is 0 Å². The summed E-state index contributed by atoms with van der Waals surface area (Å²) in [7, 11) is 0. The highest BCUT2D eigenvalue weighted by Crippen LogP contribution is 2.34. The van der Waals surface area contributed by atoms with E-state index in [0.29, 0.717) is 30.0 Å². The third-order valence-corrected chi connectivity index (χ3v) is 7.58. The van der Waals surface area contributed by atoms with Gasteiger partial charge in [0.15, 0.2) is 0 Å². The van der Waals surface area contributed by atoms with Crippen molar-refractivity contribution in [2.75, 3.05) is 4.90 Å². The van der Waals surface area contributed by atoms with Crippen molar-refractivity contribution in [1.29, 1.82) is 0 Å². The number of nitrogens with zero attached hydrogens (tertiary/aromatic N) is 1. The SMILES string of the molecule is CCc1ccccc1N1C(=O)NC(=O)/C(=C/c2c(OCc3c(C)ccc4ccccc34)ccc3ccccc23)C1=O. The second kappa shape index (κ2) is 10.7. The summed E-state index contributed by atoms with van der Waals surface area (Å²) in [5, 5.41) is 6.34. The van der Waals surface area contributed by atoms with Crippen molar-refractivity contribution in [3.63, 3.8) is 0 Å². The number of ether oxygens (including phenoxy) is 1. The second-order valence-electron chi connectivity index (χ2n) is 10.0. The number of urea groups is 1. The minimum absolute atomic E-state index is 0.141. The molecular weight excluding hydrogens is 512 g/mol. The number of barbiturate groups is 1. The molecule has 4 amide bonds. The molecule has 0 saturated carbocycles. The highest BCUT2D eigenvalue weighted by Gasteiger charge is 2.37. The molecule has 6 nitrogen and oxygen atoms in total. The molecule has 6 rings (SSSR count). The van der Waals surface area contributed by atoms with Crippen LogP contribution >= 0.6 is 0 Å². The smallest absolute Gasteiger partial charge is 0.335 e. The fourth-order valence-corrected chi connectivity index (χ4v) is 5.39. The Labute approximate surface area is 237 Å². The van der Waals surface area contributed by atoms with E-state index in [-0.39, 0.29) is 5.57 Å². The number of imide groups is 2. The van der Waals surface area contributed by atoms with Crippen LogP contribution in [0.15, 0.2) is 103 Å². The molecular formula is C35H28N2O4. The highest BCUT2D eigenvalue weighted by molar-refractivity contribution is 6.39. The van der Waals surface area contributed by atoms with Gasteiger partial charge in [0.1, 0.15) is 17.9 Å². The van der Waals surface area contributed by atoms with Gasteiger partial charge in [-0.1, -0.05) is 91.9 Å². The summed E-state index contributed by atoms with van der Waals surface area (Å²) in [4.78, 5) is 40.8. The lowest BCUT2D eigenvalue weighted by molar-refractivity contribution is -0.122. The average Bonchev–Trinajstić information content (AvgIpc) is 2.99. The minimum atomic E-state index is -0.765. The quantitative estimate of drug-likeness (QED) is 0.184. The number of rotatable bonds is 6. The molecule has 5 aromatic carbocycles. The van der Waals surface area contributed by atoms with E-state index in [2.05, 4.69) is 36.5 Å². The molecule has 1 aliphatic heterocycles. The van der Waals surface area contributed by atoms with Crippen LogP contribution in [0, 0.1) is 6.92 Å². The fourth-order valence-electron chi connectivity index (χ4n) is 5.39. The molecule has 1 heterocycles. The average molecular weight is 541 g/mol. The van der Waals surface area contributed by atoms with Gasteiger partial charge in [0, 0.05) is 11.1 Å². The second-order valence-corrected chi connectivity index (χ2v) is 10.0. The zero-order valence-electron chi connectivity index (χ0n) is 22.8. The van der Waals surface area contributed by atoms with E-state index in [1.54, 1.807) is 18.2 Å². The Kier molecular flexibility index (Phi) is 6.81. The first kappa shape index (κ1) is 26.0. The zero-order valence-corrected chi connectivity index (χ0v) is 22.8. The van der Waals surface area contributed by atoms with Crippen molar-refractivity contribution in [3.8, 4) is 5.75 Å². The van der Waals surface area contributed by atoms with Crippen LogP contribution in [0.3, 0.4) is 0 Å². The molecule has 0 bridgehead atoms. The molecule has 202 valence electrons. The number of fused-ring (bicyclic) bond motifs is 2. The third-order valence-electron chi connectivity index (χ3n) is 7.58. The van der Waals surface area contributed by atoms with Crippen LogP contribution in [0.2, 0.25) is 0 Å². The summed E-state index contributed by atoms with van der Waals surface area (Å²) in [5.41, 5.74) is 3.90. The van der Waals surface area contributed by atoms with Crippen molar-refractivity contribution < 1.29 is 19.1 Å². The lowest BCUT2D eigenvalue weighted by Gasteiger charge is -2.28. The van der Waals surface area contributed by atoms with Gasteiger partial charge in [0.25, 0.3) is 11.8 Å². The number of aryl methyl sites for hydroxylation is 2. The number of nitrogens with one attached hydrogen (secondary N) is 1. The van der Waals surface area contributed by atoms with Crippen LogP contribution in [-0.2, 0) is 22.6 Å². The predicted octanol–water partition coefficient (Wildman–Crippen LogP) is 7.11. The van der Waals surface area contributed by atoms with Crippen LogP contribution in [0.25, 0.3) is 27.6 Å². The van der Waals surface area contributed by atoms with E-state index in [4.69, 9.17) is 4.74 Å². The first-order valence-electron chi connectivity index (χ1n) is 13.6. The Morgan fingerprint density at radius 1 is 0.780 bits per heavy atom. The van der Waals surface area contributed by atoms with Crippen LogP contribution in [0.1, 0.15) is 29.2 Å². The lowest BCUT2D eigenvalue weighted by atomic mass is 9.98. The van der Waals surface area contributed by atoms with Gasteiger partial charge in [-0.15, -0.1) is 0 Å².